The Kier molecular flexibility index (Phi) is 5.25. The molecule has 0 saturated carbocycles. The van der Waals surface area contributed by atoms with Crippen molar-refractivity contribution < 1.29 is 4.79 Å². The maximum Gasteiger partial charge on any atom is 0.227 e. The van der Waals surface area contributed by atoms with Gasteiger partial charge in [-0.05, 0) is 49.2 Å². The Hall–Kier alpha value is -0.580. The van der Waals surface area contributed by atoms with Gasteiger partial charge in [0, 0.05) is 18.0 Å². The van der Waals surface area contributed by atoms with E-state index in [1.54, 1.807) is 11.3 Å². The van der Waals surface area contributed by atoms with Crippen molar-refractivity contribution in [3.8, 4) is 0 Å². The third-order valence-corrected chi connectivity index (χ3v) is 5.15. The highest BCUT2D eigenvalue weighted by Gasteiger charge is 2.31. The van der Waals surface area contributed by atoms with Gasteiger partial charge in [0.2, 0.25) is 5.91 Å². The van der Waals surface area contributed by atoms with E-state index in [4.69, 9.17) is 0 Å². The van der Waals surface area contributed by atoms with Crippen LogP contribution in [0.5, 0.6) is 0 Å². The van der Waals surface area contributed by atoms with Crippen LogP contribution >= 0.6 is 23.7 Å². The summed E-state index contributed by atoms with van der Waals surface area (Å²) < 4.78 is 0. The number of carbonyl (C=O) groups is 1. The summed E-state index contributed by atoms with van der Waals surface area (Å²) >= 11 is 1.68. The Labute approximate surface area is 124 Å². The average molecular weight is 301 g/mol. The number of rotatable bonds is 2. The summed E-state index contributed by atoms with van der Waals surface area (Å²) in [5.41, 5.74) is 0. The van der Waals surface area contributed by atoms with Gasteiger partial charge in [0.15, 0.2) is 0 Å². The number of amides is 1. The van der Waals surface area contributed by atoms with Gasteiger partial charge in [-0.3, -0.25) is 4.79 Å². The minimum atomic E-state index is 0. The lowest BCUT2D eigenvalue weighted by Gasteiger charge is -2.20. The first-order valence-electron chi connectivity index (χ1n) is 6.84. The molecule has 1 aromatic rings. The molecule has 2 fully saturated rings. The molecular weight excluding hydrogens is 280 g/mol. The van der Waals surface area contributed by atoms with E-state index in [1.165, 1.54) is 17.7 Å². The fourth-order valence-electron chi connectivity index (χ4n) is 3.14. The van der Waals surface area contributed by atoms with Crippen LogP contribution in [0.25, 0.3) is 0 Å². The van der Waals surface area contributed by atoms with Crippen molar-refractivity contribution in [2.75, 3.05) is 26.2 Å². The standard InChI is InChI=1S/C14H20N2OS.ClH/c17-14(8-13-2-1-7-18-13)16-5-3-11-9-15-10-12(11)4-6-16;/h1-2,7,11-12,15H,3-6,8-10H2;1H/t11-,12+;. The molecule has 2 saturated heterocycles. The molecule has 2 aliphatic rings. The summed E-state index contributed by atoms with van der Waals surface area (Å²) in [5, 5.41) is 5.51. The smallest absolute Gasteiger partial charge is 0.227 e. The largest absolute Gasteiger partial charge is 0.342 e. The molecule has 19 heavy (non-hydrogen) atoms. The van der Waals surface area contributed by atoms with Crippen LogP contribution in [-0.4, -0.2) is 37.0 Å². The van der Waals surface area contributed by atoms with Crippen molar-refractivity contribution in [1.29, 1.82) is 0 Å². The molecule has 5 heteroatoms. The first-order valence-corrected chi connectivity index (χ1v) is 7.72. The van der Waals surface area contributed by atoms with E-state index in [1.807, 2.05) is 11.4 Å². The van der Waals surface area contributed by atoms with Crippen molar-refractivity contribution in [2.24, 2.45) is 11.8 Å². The van der Waals surface area contributed by atoms with Crippen LogP contribution in [0.3, 0.4) is 0 Å². The summed E-state index contributed by atoms with van der Waals surface area (Å²) in [6.45, 7) is 4.20. The Morgan fingerprint density at radius 2 is 2.00 bits per heavy atom. The third kappa shape index (κ3) is 3.50. The minimum Gasteiger partial charge on any atom is -0.342 e. The molecule has 0 radical (unpaired) electrons. The summed E-state index contributed by atoms with van der Waals surface area (Å²) in [5.74, 6) is 1.90. The highest BCUT2D eigenvalue weighted by atomic mass is 35.5. The Morgan fingerprint density at radius 1 is 1.32 bits per heavy atom. The lowest BCUT2D eigenvalue weighted by Crippen LogP contribution is -2.33. The van der Waals surface area contributed by atoms with Crippen LogP contribution in [0.15, 0.2) is 17.5 Å². The molecule has 0 spiro atoms. The zero-order valence-electron chi connectivity index (χ0n) is 11.0. The van der Waals surface area contributed by atoms with Crippen LogP contribution in [-0.2, 0) is 11.2 Å². The van der Waals surface area contributed by atoms with Crippen LogP contribution in [0.4, 0.5) is 0 Å². The summed E-state index contributed by atoms with van der Waals surface area (Å²) in [4.78, 5) is 15.5. The van der Waals surface area contributed by atoms with Crippen LogP contribution in [0.1, 0.15) is 17.7 Å². The molecule has 0 unspecified atom stereocenters. The predicted octanol–water partition coefficient (Wildman–Crippen LogP) is 2.17. The highest BCUT2D eigenvalue weighted by molar-refractivity contribution is 7.10. The van der Waals surface area contributed by atoms with Crippen molar-refractivity contribution >= 4 is 29.7 Å². The van der Waals surface area contributed by atoms with Crippen LogP contribution in [0, 0.1) is 11.8 Å². The summed E-state index contributed by atoms with van der Waals surface area (Å²) in [6.07, 6.45) is 2.94. The molecule has 3 rings (SSSR count). The fourth-order valence-corrected chi connectivity index (χ4v) is 3.84. The molecule has 3 heterocycles. The number of thiophene rings is 1. The van der Waals surface area contributed by atoms with E-state index in [2.05, 4.69) is 16.3 Å². The Bertz CT molecular complexity index is 396. The van der Waals surface area contributed by atoms with Gasteiger partial charge in [-0.15, -0.1) is 23.7 Å². The van der Waals surface area contributed by atoms with Crippen molar-refractivity contribution in [3.05, 3.63) is 22.4 Å². The normalized spacial score (nSPS) is 26.4. The van der Waals surface area contributed by atoms with Gasteiger partial charge in [-0.25, -0.2) is 0 Å². The molecule has 0 aliphatic carbocycles. The van der Waals surface area contributed by atoms with Gasteiger partial charge in [0.1, 0.15) is 0 Å². The van der Waals surface area contributed by atoms with Crippen molar-refractivity contribution in [3.63, 3.8) is 0 Å². The number of hydrogen-bond acceptors (Lipinski definition) is 3. The zero-order chi connectivity index (χ0) is 12.4. The van der Waals surface area contributed by atoms with E-state index in [9.17, 15) is 4.79 Å². The number of likely N-dealkylation sites (tertiary alicyclic amines) is 1. The molecule has 2 atom stereocenters. The maximum atomic E-state index is 12.3. The van der Waals surface area contributed by atoms with E-state index in [0.29, 0.717) is 12.3 Å². The number of hydrogen-bond donors (Lipinski definition) is 1. The lowest BCUT2D eigenvalue weighted by molar-refractivity contribution is -0.130. The van der Waals surface area contributed by atoms with Crippen LogP contribution < -0.4 is 5.32 Å². The predicted molar refractivity (Wildman–Crippen MR) is 80.9 cm³/mol. The van der Waals surface area contributed by atoms with Gasteiger partial charge in [0.25, 0.3) is 0 Å². The first-order chi connectivity index (χ1) is 8.83. The zero-order valence-corrected chi connectivity index (χ0v) is 12.6. The van der Waals surface area contributed by atoms with Gasteiger partial charge in [-0.2, -0.15) is 0 Å². The Balaban J connectivity index is 0.00000133. The minimum absolute atomic E-state index is 0. The molecular formula is C14H21ClN2OS. The molecule has 106 valence electrons. The SMILES string of the molecule is Cl.O=C(Cc1cccs1)N1CC[C@@H]2CNC[C@@H]2CC1. The second kappa shape index (κ2) is 6.73. The van der Waals surface area contributed by atoms with Crippen molar-refractivity contribution in [2.45, 2.75) is 19.3 Å². The monoisotopic (exact) mass is 300 g/mol. The molecule has 1 N–H and O–H groups in total. The van der Waals surface area contributed by atoms with Crippen LogP contribution in [0.2, 0.25) is 0 Å². The maximum absolute atomic E-state index is 12.3. The quantitative estimate of drug-likeness (QED) is 0.908. The van der Waals surface area contributed by atoms with Gasteiger partial charge >= 0.3 is 0 Å². The number of nitrogens with zero attached hydrogens (tertiary/aromatic N) is 1. The lowest BCUT2D eigenvalue weighted by atomic mass is 9.92. The van der Waals surface area contributed by atoms with Gasteiger partial charge in [0.05, 0.1) is 6.42 Å². The van der Waals surface area contributed by atoms with Gasteiger partial charge < -0.3 is 10.2 Å². The number of carbonyl (C=O) groups excluding carboxylic acids is 1. The number of halogens is 1. The molecule has 0 aromatic carbocycles. The molecule has 3 nitrogen and oxygen atoms in total. The van der Waals surface area contributed by atoms with Gasteiger partial charge in [-0.1, -0.05) is 6.07 Å². The molecule has 1 aromatic heterocycles. The molecule has 1 amide bonds. The second-order valence-electron chi connectivity index (χ2n) is 5.39. The highest BCUT2D eigenvalue weighted by Crippen LogP contribution is 2.27. The first kappa shape index (κ1) is 14.8. The molecule has 2 aliphatic heterocycles. The number of fused-ring (bicyclic) bond motifs is 1. The van der Waals surface area contributed by atoms with E-state index in [-0.39, 0.29) is 12.4 Å². The fraction of sp³-hybridized carbons (Fsp3) is 0.643. The van der Waals surface area contributed by atoms with E-state index < -0.39 is 0 Å². The third-order valence-electron chi connectivity index (χ3n) is 4.28. The van der Waals surface area contributed by atoms with Crippen molar-refractivity contribution in [1.82, 2.24) is 10.2 Å². The average Bonchev–Trinajstić information content (AvgIpc) is 2.98. The Morgan fingerprint density at radius 3 is 2.58 bits per heavy atom. The summed E-state index contributed by atoms with van der Waals surface area (Å²) in [7, 11) is 0. The van der Waals surface area contributed by atoms with E-state index in [0.717, 1.165) is 38.0 Å². The topological polar surface area (TPSA) is 32.3 Å². The second-order valence-corrected chi connectivity index (χ2v) is 6.42. The van der Waals surface area contributed by atoms with E-state index >= 15 is 0 Å². The molecule has 0 bridgehead atoms. The summed E-state index contributed by atoms with van der Waals surface area (Å²) in [6, 6.07) is 4.07. The number of nitrogens with one attached hydrogen (secondary N) is 1.